The summed E-state index contributed by atoms with van der Waals surface area (Å²) in [5.74, 6) is 1.72. The molecule has 0 aliphatic heterocycles. The van der Waals surface area contributed by atoms with Crippen LogP contribution >= 0.6 is 27.7 Å². The van der Waals surface area contributed by atoms with Gasteiger partial charge in [0.25, 0.3) is 0 Å². The lowest BCUT2D eigenvalue weighted by atomic mass is 10.1. The maximum Gasteiger partial charge on any atom is 0.119 e. The molecule has 0 saturated heterocycles. The van der Waals surface area contributed by atoms with Gasteiger partial charge in [-0.15, -0.1) is 10.2 Å². The van der Waals surface area contributed by atoms with Crippen molar-refractivity contribution in [3.8, 4) is 17.0 Å². The number of hydrogen-bond acceptors (Lipinski definition) is 4. The molecule has 0 fully saturated rings. The quantitative estimate of drug-likeness (QED) is 0.563. The number of rotatable bonds is 5. The number of nitrogens with zero attached hydrogens (tertiary/aromatic N) is 2. The molecule has 0 aliphatic rings. The van der Waals surface area contributed by atoms with Crippen molar-refractivity contribution in [1.82, 2.24) is 10.2 Å². The monoisotopic (exact) mass is 386 g/mol. The van der Waals surface area contributed by atoms with E-state index in [1.54, 1.807) is 18.9 Å². The molecule has 0 aliphatic carbocycles. The summed E-state index contributed by atoms with van der Waals surface area (Å²) < 4.78 is 6.26. The number of benzene rings is 2. The van der Waals surface area contributed by atoms with Crippen molar-refractivity contribution in [1.29, 1.82) is 0 Å². The van der Waals surface area contributed by atoms with Gasteiger partial charge in [0, 0.05) is 15.8 Å². The van der Waals surface area contributed by atoms with Crippen LogP contribution in [-0.4, -0.2) is 17.3 Å². The number of ether oxygens (including phenoxy) is 1. The van der Waals surface area contributed by atoms with Crippen LogP contribution in [0.15, 0.2) is 70.2 Å². The maximum absolute atomic E-state index is 5.16. The van der Waals surface area contributed by atoms with Crippen LogP contribution in [0, 0.1) is 0 Å². The fraction of sp³-hybridized carbons (Fsp3) is 0.111. The van der Waals surface area contributed by atoms with Crippen molar-refractivity contribution in [2.45, 2.75) is 10.8 Å². The molecule has 5 heteroatoms. The molecule has 0 spiro atoms. The van der Waals surface area contributed by atoms with Gasteiger partial charge >= 0.3 is 0 Å². The third kappa shape index (κ3) is 4.33. The zero-order chi connectivity index (χ0) is 16.1. The first-order chi connectivity index (χ1) is 11.2. The molecule has 116 valence electrons. The first-order valence-corrected chi connectivity index (χ1v) is 8.88. The van der Waals surface area contributed by atoms with E-state index < -0.39 is 0 Å². The minimum atomic E-state index is 0.836. The van der Waals surface area contributed by atoms with Crippen molar-refractivity contribution in [3.63, 3.8) is 0 Å². The number of halogens is 1. The van der Waals surface area contributed by atoms with Gasteiger partial charge in [-0.1, -0.05) is 39.8 Å². The third-order valence-corrected chi connectivity index (χ3v) is 4.85. The summed E-state index contributed by atoms with van der Waals surface area (Å²) >= 11 is 5.12. The number of thioether (sulfide) groups is 1. The molecule has 0 radical (unpaired) electrons. The molecule has 0 saturated carbocycles. The van der Waals surface area contributed by atoms with E-state index in [-0.39, 0.29) is 0 Å². The maximum atomic E-state index is 5.16. The Hall–Kier alpha value is -1.85. The molecule has 0 N–H and O–H groups in total. The molecule has 1 aromatic heterocycles. The van der Waals surface area contributed by atoms with E-state index in [1.165, 1.54) is 5.56 Å². The van der Waals surface area contributed by atoms with Crippen molar-refractivity contribution in [3.05, 3.63) is 70.7 Å². The molecule has 0 unspecified atom stereocenters. The Morgan fingerprint density at radius 2 is 1.65 bits per heavy atom. The van der Waals surface area contributed by atoms with Crippen molar-refractivity contribution in [2.24, 2.45) is 0 Å². The summed E-state index contributed by atoms with van der Waals surface area (Å²) in [7, 11) is 1.66. The molecule has 1 heterocycles. The predicted molar refractivity (Wildman–Crippen MR) is 97.7 cm³/mol. The highest BCUT2D eigenvalue weighted by Crippen LogP contribution is 2.24. The molecular weight excluding hydrogens is 372 g/mol. The van der Waals surface area contributed by atoms with Gasteiger partial charge in [0.1, 0.15) is 10.8 Å². The Morgan fingerprint density at radius 1 is 0.913 bits per heavy atom. The summed E-state index contributed by atoms with van der Waals surface area (Å²) in [6.07, 6.45) is 0. The second-order valence-electron chi connectivity index (χ2n) is 4.90. The van der Waals surface area contributed by atoms with Crippen LogP contribution in [0.5, 0.6) is 5.75 Å². The average molecular weight is 387 g/mol. The number of aromatic nitrogens is 2. The van der Waals surface area contributed by atoms with Gasteiger partial charge in [0.05, 0.1) is 12.8 Å². The fourth-order valence-electron chi connectivity index (χ4n) is 2.05. The van der Waals surface area contributed by atoms with Gasteiger partial charge in [-0.05, 0) is 54.1 Å². The van der Waals surface area contributed by atoms with Crippen LogP contribution in [0.4, 0.5) is 0 Å². The lowest BCUT2D eigenvalue weighted by Gasteiger charge is -2.04. The Balaban J connectivity index is 1.65. The van der Waals surface area contributed by atoms with Crippen LogP contribution in [0.25, 0.3) is 11.3 Å². The fourth-order valence-corrected chi connectivity index (χ4v) is 3.08. The molecule has 3 rings (SSSR count). The van der Waals surface area contributed by atoms with Gasteiger partial charge in [0.15, 0.2) is 0 Å². The molecular formula is C18H15BrN2OS. The molecule has 0 atom stereocenters. The second-order valence-corrected chi connectivity index (χ2v) is 6.81. The second kappa shape index (κ2) is 7.62. The normalized spacial score (nSPS) is 10.5. The van der Waals surface area contributed by atoms with E-state index in [0.29, 0.717) is 0 Å². The topological polar surface area (TPSA) is 35.0 Å². The zero-order valence-corrected chi connectivity index (χ0v) is 15.0. The molecule has 0 amide bonds. The minimum absolute atomic E-state index is 0.836. The van der Waals surface area contributed by atoms with Crippen molar-refractivity contribution >= 4 is 27.7 Å². The Morgan fingerprint density at radius 3 is 2.26 bits per heavy atom. The van der Waals surface area contributed by atoms with Crippen LogP contribution in [-0.2, 0) is 5.75 Å². The summed E-state index contributed by atoms with van der Waals surface area (Å²) in [6.45, 7) is 0. The zero-order valence-electron chi connectivity index (χ0n) is 12.6. The predicted octanol–water partition coefficient (Wildman–Crippen LogP) is 5.21. The van der Waals surface area contributed by atoms with Gasteiger partial charge < -0.3 is 4.74 Å². The van der Waals surface area contributed by atoms with Gasteiger partial charge in [-0.3, -0.25) is 0 Å². The summed E-state index contributed by atoms with van der Waals surface area (Å²) in [6, 6.07) is 20.1. The lowest BCUT2D eigenvalue weighted by molar-refractivity contribution is 0.415. The minimum Gasteiger partial charge on any atom is -0.497 e. The summed E-state index contributed by atoms with van der Waals surface area (Å²) in [5, 5.41) is 9.54. The SMILES string of the molecule is COc1ccc(-c2ccc(SCc3ccc(Br)cc3)nn2)cc1. The first-order valence-electron chi connectivity index (χ1n) is 7.10. The van der Waals surface area contributed by atoms with E-state index >= 15 is 0 Å². The highest BCUT2D eigenvalue weighted by molar-refractivity contribution is 9.10. The number of hydrogen-bond donors (Lipinski definition) is 0. The van der Waals surface area contributed by atoms with Crippen LogP contribution < -0.4 is 4.74 Å². The largest absolute Gasteiger partial charge is 0.497 e. The van der Waals surface area contributed by atoms with E-state index in [0.717, 1.165) is 32.3 Å². The van der Waals surface area contributed by atoms with Crippen LogP contribution in [0.3, 0.4) is 0 Å². The van der Waals surface area contributed by atoms with Crippen LogP contribution in [0.2, 0.25) is 0 Å². The van der Waals surface area contributed by atoms with E-state index in [2.05, 4.69) is 38.3 Å². The number of methoxy groups -OCH3 is 1. The molecule has 0 bridgehead atoms. The summed E-state index contributed by atoms with van der Waals surface area (Å²) in [5.41, 5.74) is 3.16. The summed E-state index contributed by atoms with van der Waals surface area (Å²) in [4.78, 5) is 0. The molecule has 2 aromatic carbocycles. The first kappa shape index (κ1) is 16.0. The Labute approximate surface area is 148 Å². The lowest BCUT2D eigenvalue weighted by Crippen LogP contribution is -1.90. The smallest absolute Gasteiger partial charge is 0.119 e. The standard InChI is InChI=1S/C18H15BrN2OS/c1-22-16-8-4-14(5-9-16)17-10-11-18(21-20-17)23-12-13-2-6-15(19)7-3-13/h2-11H,12H2,1H3. The van der Waals surface area contributed by atoms with Gasteiger partial charge in [0.2, 0.25) is 0 Å². The molecule has 23 heavy (non-hydrogen) atoms. The Bertz CT molecular complexity index is 759. The van der Waals surface area contributed by atoms with Gasteiger partial charge in [-0.2, -0.15) is 0 Å². The molecule has 3 aromatic rings. The van der Waals surface area contributed by atoms with E-state index in [4.69, 9.17) is 4.74 Å². The molecule has 3 nitrogen and oxygen atoms in total. The van der Waals surface area contributed by atoms with Crippen molar-refractivity contribution < 1.29 is 4.74 Å². The van der Waals surface area contributed by atoms with E-state index in [1.807, 2.05) is 48.5 Å². The van der Waals surface area contributed by atoms with E-state index in [9.17, 15) is 0 Å². The van der Waals surface area contributed by atoms with Gasteiger partial charge in [-0.25, -0.2) is 0 Å². The highest BCUT2D eigenvalue weighted by atomic mass is 79.9. The third-order valence-electron chi connectivity index (χ3n) is 3.33. The average Bonchev–Trinajstić information content (AvgIpc) is 2.62. The highest BCUT2D eigenvalue weighted by Gasteiger charge is 2.03. The Kier molecular flexibility index (Phi) is 5.31. The van der Waals surface area contributed by atoms with Crippen molar-refractivity contribution in [2.75, 3.05) is 7.11 Å². The van der Waals surface area contributed by atoms with Crippen LogP contribution in [0.1, 0.15) is 5.56 Å².